The molecule has 2 bridgehead atoms. The number of aliphatic hydroxyl groups excluding tert-OH is 2. The van der Waals surface area contributed by atoms with Crippen LogP contribution in [0.25, 0.3) is 0 Å². The first-order valence-electron chi connectivity index (χ1n) is 20.7. The van der Waals surface area contributed by atoms with Gasteiger partial charge in [0.15, 0.2) is 29.9 Å². The first kappa shape index (κ1) is 48.3. The largest absolute Gasteiger partial charge is 0.508 e. The number of amides is 1. The maximum Gasteiger partial charge on any atom is 0.508 e. The van der Waals surface area contributed by atoms with Crippen molar-refractivity contribution in [2.45, 2.75) is 147 Å². The van der Waals surface area contributed by atoms with Crippen LogP contribution in [-0.4, -0.2) is 141 Å². The van der Waals surface area contributed by atoms with E-state index in [2.05, 4.69) is 5.32 Å². The van der Waals surface area contributed by atoms with E-state index in [1.54, 1.807) is 39.0 Å². The molecule has 64 heavy (non-hydrogen) atoms. The Bertz CT molecular complexity index is 2150. The van der Waals surface area contributed by atoms with Gasteiger partial charge in [-0.15, -0.1) is 0 Å². The number of alkyl carbamates (subject to hydrolysis) is 1. The molecule has 2 heterocycles. The van der Waals surface area contributed by atoms with Crippen molar-refractivity contribution >= 4 is 41.9 Å². The number of carbonyl (C=O) groups is 7. The number of methoxy groups -OCH3 is 1. The number of Topliss-reactive ketones (excluding diaryl/α,β-unsaturated/α-hetero) is 1. The Labute approximate surface area is 368 Å². The number of benzene rings is 1. The topological polar surface area (TPSA) is 286 Å². The maximum absolute atomic E-state index is 15.6. The van der Waals surface area contributed by atoms with Crippen LogP contribution >= 0.6 is 0 Å². The van der Waals surface area contributed by atoms with Crippen molar-refractivity contribution in [2.75, 3.05) is 13.7 Å². The van der Waals surface area contributed by atoms with Gasteiger partial charge < -0.3 is 63.6 Å². The third kappa shape index (κ3) is 7.40. The summed E-state index contributed by atoms with van der Waals surface area (Å²) in [5, 5.41) is 49.6. The Morgan fingerprint density at radius 2 is 1.56 bits per heavy atom. The average molecular weight is 904 g/mol. The van der Waals surface area contributed by atoms with E-state index in [1.807, 2.05) is 0 Å². The summed E-state index contributed by atoms with van der Waals surface area (Å²) in [6.07, 6.45) is -14.4. The molecule has 4 unspecified atom stereocenters. The number of carboxylic acids is 1. The molecule has 0 radical (unpaired) electrons. The number of ether oxygens (including phenoxy) is 8. The van der Waals surface area contributed by atoms with E-state index in [0.29, 0.717) is 0 Å². The van der Waals surface area contributed by atoms with Gasteiger partial charge in [0.1, 0.15) is 34.4 Å². The normalized spacial score (nSPS) is 38.7. The molecule has 5 aliphatic rings. The number of carbonyl (C=O) groups excluding carboxylic acids is 6. The molecule has 352 valence electrons. The van der Waals surface area contributed by atoms with Gasteiger partial charge in [0.25, 0.3) is 0 Å². The molecule has 20 heteroatoms. The highest BCUT2D eigenvalue weighted by Gasteiger charge is 2.79. The summed E-state index contributed by atoms with van der Waals surface area (Å²) in [7, 11) is 1.04. The fourth-order valence-corrected chi connectivity index (χ4v) is 10.4. The van der Waals surface area contributed by atoms with Crippen molar-refractivity contribution in [3.63, 3.8) is 0 Å². The standard InChI is InChI=1S/C44H57NO19/c1-20-25-26(59-21(2)46)30(48)41(9)23(47)17-24-43(19-58-24,64-37(55)57-11)28(41)31(61-32(49)22-15-13-12-14-16-22)44(56,39(25,6)7)18-40(20,8)62-33(50)27-29(45-36(54)63-38(3,4)5)42(10,34(51)52)35(53)60-27/h12-16,23-24,26-29,31,35,47,53,56H,17-19H2,1-11H3,(H,45,54)(H,51,52)/t23-,24+,26+,27?,28?,29+,31-,35?,40+,41+,42?,43-,44+/m0/s1. The summed E-state index contributed by atoms with van der Waals surface area (Å²) in [6.45, 7) is 13.3. The zero-order chi connectivity index (χ0) is 47.9. The average Bonchev–Trinajstić information content (AvgIpc) is 3.44. The molecule has 2 saturated heterocycles. The quantitative estimate of drug-likeness (QED) is 0.142. The zero-order valence-corrected chi connectivity index (χ0v) is 37.5. The van der Waals surface area contributed by atoms with E-state index in [9.17, 15) is 49.2 Å². The summed E-state index contributed by atoms with van der Waals surface area (Å²) in [5.41, 5.74) is -14.2. The van der Waals surface area contributed by atoms with Crippen molar-refractivity contribution in [3.05, 3.63) is 47.0 Å². The molecule has 1 aromatic rings. The smallest absolute Gasteiger partial charge is 0.481 e. The predicted octanol–water partition coefficient (Wildman–Crippen LogP) is 2.51. The molecule has 5 N–H and O–H groups in total. The van der Waals surface area contributed by atoms with Crippen LogP contribution in [0.3, 0.4) is 0 Å². The number of ketones is 1. The van der Waals surface area contributed by atoms with Crippen LogP contribution in [0.4, 0.5) is 9.59 Å². The highest BCUT2D eigenvalue weighted by molar-refractivity contribution is 5.96. The van der Waals surface area contributed by atoms with Crippen molar-refractivity contribution < 1.29 is 91.9 Å². The minimum Gasteiger partial charge on any atom is -0.481 e. The second-order valence-corrected chi connectivity index (χ2v) is 19.4. The van der Waals surface area contributed by atoms with Gasteiger partial charge in [-0.1, -0.05) is 32.0 Å². The molecule has 20 nitrogen and oxygen atoms in total. The summed E-state index contributed by atoms with van der Waals surface area (Å²) in [4.78, 5) is 96.6. The van der Waals surface area contributed by atoms with Crippen molar-refractivity contribution in [3.8, 4) is 0 Å². The SMILES string of the molecule is COC(=O)O[C@@]12CO[C@@H]1C[C@H](O)[C@@]1(C)C(=O)[C@H](OC(C)=O)C3=C(C)[C@](C)(OC(=O)C4OC(O)C(C)(C(=O)O)[C@@H]4NC(=O)OC(C)(C)C)C[C@@](O)([C@@H](OC(=O)c4ccccc4)C12)C3(C)C. The third-order valence-electron chi connectivity index (χ3n) is 14.1. The number of aliphatic hydroxyl groups is 3. The molecule has 2 aliphatic heterocycles. The van der Waals surface area contributed by atoms with Crippen LogP contribution in [0.15, 0.2) is 41.5 Å². The number of rotatable bonds is 8. The Kier molecular flexibility index (Phi) is 12.1. The minimum atomic E-state index is -2.56. The summed E-state index contributed by atoms with van der Waals surface area (Å²) >= 11 is 0. The molecule has 0 aromatic heterocycles. The van der Waals surface area contributed by atoms with Gasteiger partial charge in [-0.3, -0.25) is 14.4 Å². The van der Waals surface area contributed by atoms with Gasteiger partial charge in [-0.05, 0) is 71.7 Å². The van der Waals surface area contributed by atoms with E-state index in [0.717, 1.165) is 21.0 Å². The number of esters is 3. The lowest BCUT2D eigenvalue weighted by molar-refractivity contribution is -0.345. The molecule has 2 saturated carbocycles. The van der Waals surface area contributed by atoms with E-state index >= 15 is 4.79 Å². The minimum absolute atomic E-state index is 0.00335. The molecule has 4 fully saturated rings. The molecule has 6 rings (SSSR count). The van der Waals surface area contributed by atoms with Crippen LogP contribution in [0.5, 0.6) is 0 Å². The molecule has 1 amide bonds. The Balaban J connectivity index is 1.59. The molecule has 1 aromatic carbocycles. The number of fused-ring (bicyclic) bond motifs is 5. The van der Waals surface area contributed by atoms with Crippen LogP contribution in [0.1, 0.15) is 92.4 Å². The molecule has 13 atom stereocenters. The van der Waals surface area contributed by atoms with Crippen LogP contribution in [0.2, 0.25) is 0 Å². The summed E-state index contributed by atoms with van der Waals surface area (Å²) in [6, 6.07) is 5.77. The fraction of sp³-hybridized carbons (Fsp3) is 0.659. The van der Waals surface area contributed by atoms with E-state index in [-0.39, 0.29) is 23.1 Å². The highest BCUT2D eigenvalue weighted by Crippen LogP contribution is 2.65. The van der Waals surface area contributed by atoms with Crippen molar-refractivity contribution in [1.29, 1.82) is 0 Å². The van der Waals surface area contributed by atoms with Gasteiger partial charge in [0, 0.05) is 25.2 Å². The van der Waals surface area contributed by atoms with Gasteiger partial charge in [-0.2, -0.15) is 0 Å². The first-order valence-corrected chi connectivity index (χ1v) is 20.7. The number of hydrogen-bond donors (Lipinski definition) is 5. The van der Waals surface area contributed by atoms with Gasteiger partial charge in [0.05, 0.1) is 42.8 Å². The fourth-order valence-electron chi connectivity index (χ4n) is 10.4. The van der Waals surface area contributed by atoms with E-state index in [4.69, 9.17) is 37.9 Å². The lowest BCUT2D eigenvalue weighted by atomic mass is 9.44. The molecule has 0 spiro atoms. The van der Waals surface area contributed by atoms with E-state index in [1.165, 1.54) is 46.8 Å². The van der Waals surface area contributed by atoms with E-state index < -0.39 is 142 Å². The van der Waals surface area contributed by atoms with Gasteiger partial charge >= 0.3 is 36.1 Å². The Hall–Kier alpha value is -5.15. The number of aliphatic carboxylic acids is 1. The number of carboxylic acid groups (broad SMARTS) is 1. The summed E-state index contributed by atoms with van der Waals surface area (Å²) < 4.78 is 46.0. The Morgan fingerprint density at radius 1 is 0.938 bits per heavy atom. The molecular weight excluding hydrogens is 846 g/mol. The van der Waals surface area contributed by atoms with Crippen LogP contribution in [0, 0.1) is 22.2 Å². The van der Waals surface area contributed by atoms with Crippen LogP contribution < -0.4 is 5.32 Å². The van der Waals surface area contributed by atoms with Gasteiger partial charge in [-0.25, -0.2) is 19.2 Å². The monoisotopic (exact) mass is 903 g/mol. The Morgan fingerprint density at radius 3 is 2.09 bits per heavy atom. The number of hydrogen-bond acceptors (Lipinski definition) is 18. The maximum atomic E-state index is 15.6. The number of nitrogens with one attached hydrogen (secondary N) is 1. The second-order valence-electron chi connectivity index (χ2n) is 19.4. The van der Waals surface area contributed by atoms with Crippen molar-refractivity contribution in [1.82, 2.24) is 5.32 Å². The first-order chi connectivity index (χ1) is 29.5. The predicted molar refractivity (Wildman–Crippen MR) is 215 cm³/mol. The molecule has 3 aliphatic carbocycles. The van der Waals surface area contributed by atoms with Crippen molar-refractivity contribution in [2.24, 2.45) is 22.2 Å². The molecular formula is C44H57NO19. The second kappa shape index (κ2) is 16.1. The summed E-state index contributed by atoms with van der Waals surface area (Å²) in [5.74, 6) is -7.69. The lowest BCUT2D eigenvalue weighted by Crippen LogP contribution is -2.82. The van der Waals surface area contributed by atoms with Gasteiger partial charge in [0.2, 0.25) is 0 Å². The highest BCUT2D eigenvalue weighted by atomic mass is 16.8. The lowest BCUT2D eigenvalue weighted by Gasteiger charge is -2.67. The van der Waals surface area contributed by atoms with Crippen LogP contribution in [-0.2, 0) is 57.1 Å². The third-order valence-corrected chi connectivity index (χ3v) is 14.1. The zero-order valence-electron chi connectivity index (χ0n) is 37.5.